The molecule has 2 aromatic carbocycles. The van der Waals surface area contributed by atoms with E-state index in [1.807, 2.05) is 24.3 Å². The number of halogens is 1. The zero-order chi connectivity index (χ0) is 18.6. The van der Waals surface area contributed by atoms with Crippen LogP contribution < -0.4 is 9.46 Å². The molecule has 6 nitrogen and oxygen atoms in total. The van der Waals surface area contributed by atoms with Crippen molar-refractivity contribution >= 4 is 21.6 Å². The van der Waals surface area contributed by atoms with Gasteiger partial charge in [0.1, 0.15) is 12.1 Å². The SMILES string of the molecule is COc1ccc(-c2cc(CNS(=O)(=O)c3ccc(Cl)cc3)ncn2)cc1. The van der Waals surface area contributed by atoms with Crippen LogP contribution in [0.15, 0.2) is 65.8 Å². The van der Waals surface area contributed by atoms with E-state index in [-0.39, 0.29) is 11.4 Å². The molecule has 0 radical (unpaired) electrons. The van der Waals surface area contributed by atoms with Gasteiger partial charge in [-0.05, 0) is 54.6 Å². The smallest absolute Gasteiger partial charge is 0.240 e. The van der Waals surface area contributed by atoms with Gasteiger partial charge in [-0.2, -0.15) is 0 Å². The molecule has 0 bridgehead atoms. The van der Waals surface area contributed by atoms with Gasteiger partial charge in [0.2, 0.25) is 10.0 Å². The van der Waals surface area contributed by atoms with Gasteiger partial charge in [-0.1, -0.05) is 11.6 Å². The molecule has 0 spiro atoms. The lowest BCUT2D eigenvalue weighted by Gasteiger charge is -2.08. The van der Waals surface area contributed by atoms with E-state index < -0.39 is 10.0 Å². The van der Waals surface area contributed by atoms with Crippen LogP contribution in [0.25, 0.3) is 11.3 Å². The molecule has 1 heterocycles. The molecule has 0 fully saturated rings. The summed E-state index contributed by atoms with van der Waals surface area (Å²) in [5.41, 5.74) is 2.14. The fourth-order valence-corrected chi connectivity index (χ4v) is 3.40. The predicted octanol–water partition coefficient (Wildman–Crippen LogP) is 3.28. The number of ether oxygens (including phenoxy) is 1. The number of nitrogens with one attached hydrogen (secondary N) is 1. The van der Waals surface area contributed by atoms with Gasteiger partial charge < -0.3 is 4.74 Å². The maximum absolute atomic E-state index is 12.3. The topological polar surface area (TPSA) is 81.2 Å². The van der Waals surface area contributed by atoms with E-state index in [0.717, 1.165) is 11.3 Å². The highest BCUT2D eigenvalue weighted by Gasteiger charge is 2.14. The van der Waals surface area contributed by atoms with Gasteiger partial charge in [0.15, 0.2) is 0 Å². The Balaban J connectivity index is 1.75. The highest BCUT2D eigenvalue weighted by atomic mass is 35.5. The minimum atomic E-state index is -3.65. The lowest BCUT2D eigenvalue weighted by atomic mass is 10.1. The molecule has 0 atom stereocenters. The van der Waals surface area contributed by atoms with E-state index in [2.05, 4.69) is 14.7 Å². The van der Waals surface area contributed by atoms with Gasteiger partial charge in [0.25, 0.3) is 0 Å². The molecule has 0 unspecified atom stereocenters. The molecule has 134 valence electrons. The number of hydrogen-bond acceptors (Lipinski definition) is 5. The number of rotatable bonds is 6. The quantitative estimate of drug-likeness (QED) is 0.699. The Labute approximate surface area is 156 Å². The Morgan fingerprint density at radius 1 is 1.04 bits per heavy atom. The summed E-state index contributed by atoms with van der Waals surface area (Å²) in [6.07, 6.45) is 1.41. The van der Waals surface area contributed by atoms with Crippen molar-refractivity contribution < 1.29 is 13.2 Å². The maximum atomic E-state index is 12.3. The number of methoxy groups -OCH3 is 1. The van der Waals surface area contributed by atoms with Crippen LogP contribution >= 0.6 is 11.6 Å². The average Bonchev–Trinajstić information content (AvgIpc) is 2.67. The molecule has 8 heteroatoms. The van der Waals surface area contributed by atoms with Gasteiger partial charge in [-0.15, -0.1) is 0 Å². The molecule has 26 heavy (non-hydrogen) atoms. The van der Waals surface area contributed by atoms with E-state index in [4.69, 9.17) is 16.3 Å². The normalized spacial score (nSPS) is 11.3. The number of hydrogen-bond donors (Lipinski definition) is 1. The minimum absolute atomic E-state index is 0.0522. The molecular weight excluding hydrogens is 374 g/mol. The Morgan fingerprint density at radius 3 is 2.38 bits per heavy atom. The van der Waals surface area contributed by atoms with Crippen LogP contribution in [-0.4, -0.2) is 25.5 Å². The van der Waals surface area contributed by atoms with Gasteiger partial charge in [0, 0.05) is 10.6 Å². The highest BCUT2D eigenvalue weighted by Crippen LogP contribution is 2.21. The Kier molecular flexibility index (Phi) is 5.51. The first-order chi connectivity index (χ1) is 12.5. The van der Waals surface area contributed by atoms with Gasteiger partial charge in [-0.3, -0.25) is 0 Å². The summed E-state index contributed by atoms with van der Waals surface area (Å²) in [5.74, 6) is 0.749. The summed E-state index contributed by atoms with van der Waals surface area (Å²) in [6, 6.07) is 15.1. The summed E-state index contributed by atoms with van der Waals surface area (Å²) in [6.45, 7) is 0.0522. The monoisotopic (exact) mass is 389 g/mol. The molecule has 3 aromatic rings. The summed E-state index contributed by atoms with van der Waals surface area (Å²) >= 11 is 5.79. The molecule has 1 aromatic heterocycles. The fourth-order valence-electron chi connectivity index (χ4n) is 2.28. The first kappa shape index (κ1) is 18.3. The van der Waals surface area contributed by atoms with Crippen LogP contribution in [0.5, 0.6) is 5.75 Å². The van der Waals surface area contributed by atoms with Gasteiger partial charge in [-0.25, -0.2) is 23.1 Å². The Bertz CT molecular complexity index is 991. The molecule has 1 N–H and O–H groups in total. The number of nitrogens with zero attached hydrogens (tertiary/aromatic N) is 2. The van der Waals surface area contributed by atoms with Gasteiger partial charge >= 0.3 is 0 Å². The van der Waals surface area contributed by atoms with Crippen molar-refractivity contribution in [3.8, 4) is 17.0 Å². The highest BCUT2D eigenvalue weighted by molar-refractivity contribution is 7.89. The van der Waals surface area contributed by atoms with Crippen molar-refractivity contribution in [3.63, 3.8) is 0 Å². The number of aromatic nitrogens is 2. The zero-order valence-corrected chi connectivity index (χ0v) is 15.5. The largest absolute Gasteiger partial charge is 0.497 e. The van der Waals surface area contributed by atoms with Crippen molar-refractivity contribution in [2.75, 3.05) is 7.11 Å². The van der Waals surface area contributed by atoms with Crippen molar-refractivity contribution in [1.29, 1.82) is 0 Å². The van der Waals surface area contributed by atoms with Crippen LogP contribution in [-0.2, 0) is 16.6 Å². The second-order valence-corrected chi connectivity index (χ2v) is 7.60. The fraction of sp³-hybridized carbons (Fsp3) is 0.111. The molecule has 0 saturated carbocycles. The van der Waals surface area contributed by atoms with Crippen molar-refractivity contribution in [1.82, 2.24) is 14.7 Å². The van der Waals surface area contributed by atoms with Crippen LogP contribution in [0.2, 0.25) is 5.02 Å². The second-order valence-electron chi connectivity index (χ2n) is 5.40. The third-order valence-electron chi connectivity index (χ3n) is 3.68. The molecule has 0 aliphatic rings. The second kappa shape index (κ2) is 7.82. The number of sulfonamides is 1. The predicted molar refractivity (Wildman–Crippen MR) is 99.5 cm³/mol. The van der Waals surface area contributed by atoms with Crippen molar-refractivity contribution in [3.05, 3.63) is 71.6 Å². The standard InChI is InChI=1S/C18H16ClN3O3S/c1-25-16-6-2-13(3-7-16)18-10-15(20-12-21-18)11-22-26(23,24)17-8-4-14(19)5-9-17/h2-10,12,22H,11H2,1H3. The molecule has 0 saturated heterocycles. The summed E-state index contributed by atoms with van der Waals surface area (Å²) in [4.78, 5) is 8.50. The molecule has 0 amide bonds. The minimum Gasteiger partial charge on any atom is -0.497 e. The van der Waals surface area contributed by atoms with E-state index in [1.165, 1.54) is 30.6 Å². The van der Waals surface area contributed by atoms with E-state index >= 15 is 0 Å². The van der Waals surface area contributed by atoms with Crippen LogP contribution in [0, 0.1) is 0 Å². The summed E-state index contributed by atoms with van der Waals surface area (Å²) in [5, 5.41) is 0.476. The first-order valence-corrected chi connectivity index (χ1v) is 9.54. The average molecular weight is 390 g/mol. The molecule has 0 aliphatic heterocycles. The van der Waals surface area contributed by atoms with Crippen molar-refractivity contribution in [2.24, 2.45) is 0 Å². The molecule has 3 rings (SSSR count). The van der Waals surface area contributed by atoms with Gasteiger partial charge in [0.05, 0.1) is 29.9 Å². The number of benzene rings is 2. The Hall–Kier alpha value is -2.48. The van der Waals surface area contributed by atoms with Crippen LogP contribution in [0.4, 0.5) is 0 Å². The van der Waals surface area contributed by atoms with Crippen molar-refractivity contribution in [2.45, 2.75) is 11.4 Å². The first-order valence-electron chi connectivity index (χ1n) is 7.68. The lowest BCUT2D eigenvalue weighted by Crippen LogP contribution is -2.23. The lowest BCUT2D eigenvalue weighted by molar-refractivity contribution is 0.415. The molecular formula is C18H16ClN3O3S. The zero-order valence-electron chi connectivity index (χ0n) is 13.9. The maximum Gasteiger partial charge on any atom is 0.240 e. The third kappa shape index (κ3) is 4.37. The third-order valence-corrected chi connectivity index (χ3v) is 5.35. The van der Waals surface area contributed by atoms with Crippen LogP contribution in [0.1, 0.15) is 5.69 Å². The Morgan fingerprint density at radius 2 is 1.73 bits per heavy atom. The summed E-state index contributed by atoms with van der Waals surface area (Å²) < 4.78 is 32.3. The van der Waals surface area contributed by atoms with Crippen LogP contribution in [0.3, 0.4) is 0 Å². The van der Waals surface area contributed by atoms with E-state index in [9.17, 15) is 8.42 Å². The van der Waals surface area contributed by atoms with E-state index in [1.54, 1.807) is 13.2 Å². The van der Waals surface area contributed by atoms with E-state index in [0.29, 0.717) is 16.4 Å². The molecule has 0 aliphatic carbocycles. The summed E-state index contributed by atoms with van der Waals surface area (Å²) in [7, 11) is -2.05.